The van der Waals surface area contributed by atoms with Crippen molar-refractivity contribution in [3.63, 3.8) is 0 Å². The summed E-state index contributed by atoms with van der Waals surface area (Å²) in [6, 6.07) is -0.567. The summed E-state index contributed by atoms with van der Waals surface area (Å²) in [6.07, 6.45) is 3.79. The van der Waals surface area contributed by atoms with Crippen LogP contribution in [-0.4, -0.2) is 72.3 Å². The molecule has 3 heterocycles. The Bertz CT molecular complexity index is 626. The lowest BCUT2D eigenvalue weighted by molar-refractivity contribution is -0.151. The Morgan fingerprint density at radius 3 is 2.34 bits per heavy atom. The number of nitrogens with zero attached hydrogens (tertiary/aromatic N) is 2. The van der Waals surface area contributed by atoms with Crippen LogP contribution in [0.15, 0.2) is 0 Å². The van der Waals surface area contributed by atoms with Crippen LogP contribution in [0.1, 0.15) is 59.8 Å². The minimum Gasteiger partial charge on any atom is -0.356 e. The molecule has 7 heteroatoms. The Morgan fingerprint density at radius 1 is 1.10 bits per heavy atom. The number of likely N-dealkylation sites (tertiary alicyclic amines) is 1. The van der Waals surface area contributed by atoms with E-state index in [9.17, 15) is 14.4 Å². The lowest BCUT2D eigenvalue weighted by Gasteiger charge is -2.43. The highest BCUT2D eigenvalue weighted by molar-refractivity contribution is 5.90. The molecule has 0 bridgehead atoms. The van der Waals surface area contributed by atoms with Crippen molar-refractivity contribution in [2.24, 2.45) is 17.3 Å². The van der Waals surface area contributed by atoms with E-state index in [0.29, 0.717) is 44.3 Å². The summed E-state index contributed by atoms with van der Waals surface area (Å²) in [5.41, 5.74) is 0.0225. The summed E-state index contributed by atoms with van der Waals surface area (Å²) >= 11 is 0. The standard InChI is InChI=1S/C22H38N4O3/c1-15(2)11-17-20(28)26(10-7-23-17)18(12-16(3)4)21(29)25-8-5-22(6-9-25)13-19(27)24-14-22/h15-18,23H,5-14H2,1-4H3,(H,24,27)/t17-,18?/m0/s1. The second-order valence-electron chi connectivity index (χ2n) is 10.1. The summed E-state index contributed by atoms with van der Waals surface area (Å²) in [5, 5.41) is 6.29. The van der Waals surface area contributed by atoms with Gasteiger partial charge in [-0.15, -0.1) is 0 Å². The fourth-order valence-electron chi connectivity index (χ4n) is 5.05. The molecule has 0 saturated carbocycles. The highest BCUT2D eigenvalue weighted by atomic mass is 16.2. The zero-order chi connectivity index (χ0) is 21.2. The van der Waals surface area contributed by atoms with Gasteiger partial charge in [0.2, 0.25) is 17.7 Å². The van der Waals surface area contributed by atoms with E-state index < -0.39 is 0 Å². The largest absolute Gasteiger partial charge is 0.356 e. The number of rotatable bonds is 6. The van der Waals surface area contributed by atoms with Crippen molar-refractivity contribution < 1.29 is 14.4 Å². The summed E-state index contributed by atoms with van der Waals surface area (Å²) in [7, 11) is 0. The van der Waals surface area contributed by atoms with Gasteiger partial charge < -0.3 is 20.4 Å². The molecule has 7 nitrogen and oxygen atoms in total. The van der Waals surface area contributed by atoms with E-state index >= 15 is 0 Å². The number of carbonyl (C=O) groups excluding carboxylic acids is 3. The second-order valence-corrected chi connectivity index (χ2v) is 10.1. The highest BCUT2D eigenvalue weighted by Crippen LogP contribution is 2.38. The minimum atomic E-state index is -0.378. The molecule has 0 radical (unpaired) electrons. The summed E-state index contributed by atoms with van der Waals surface area (Å²) in [5.74, 6) is 1.05. The van der Waals surface area contributed by atoms with Crippen molar-refractivity contribution >= 4 is 17.7 Å². The fourth-order valence-corrected chi connectivity index (χ4v) is 5.05. The number of carbonyl (C=O) groups is 3. The summed E-state index contributed by atoms with van der Waals surface area (Å²) in [6.45, 7) is 11.9. The van der Waals surface area contributed by atoms with Crippen molar-refractivity contribution in [3.05, 3.63) is 0 Å². The quantitative estimate of drug-likeness (QED) is 0.698. The molecule has 0 aromatic carbocycles. The van der Waals surface area contributed by atoms with Crippen LogP contribution >= 0.6 is 0 Å². The zero-order valence-electron chi connectivity index (χ0n) is 18.5. The number of nitrogens with one attached hydrogen (secondary N) is 2. The van der Waals surface area contributed by atoms with Crippen molar-refractivity contribution in [1.82, 2.24) is 20.4 Å². The molecule has 0 aromatic heterocycles. The molecule has 3 saturated heterocycles. The maximum absolute atomic E-state index is 13.5. The van der Waals surface area contributed by atoms with Gasteiger partial charge in [-0.1, -0.05) is 27.7 Å². The molecule has 2 atom stereocenters. The number of hydrogen-bond donors (Lipinski definition) is 2. The van der Waals surface area contributed by atoms with Gasteiger partial charge in [-0.25, -0.2) is 0 Å². The van der Waals surface area contributed by atoms with E-state index in [2.05, 4.69) is 38.3 Å². The van der Waals surface area contributed by atoms with E-state index in [1.165, 1.54) is 0 Å². The zero-order valence-corrected chi connectivity index (χ0v) is 18.5. The first-order chi connectivity index (χ1) is 13.7. The first-order valence-electron chi connectivity index (χ1n) is 11.3. The predicted octanol–water partition coefficient (Wildman–Crippen LogP) is 1.38. The SMILES string of the molecule is CC(C)CC(C(=O)N1CCC2(CC1)CNC(=O)C2)N1CCN[C@@H](CC(C)C)C1=O. The van der Waals surface area contributed by atoms with Gasteiger partial charge in [-0.2, -0.15) is 0 Å². The number of piperidine rings is 1. The van der Waals surface area contributed by atoms with Gasteiger partial charge in [0.1, 0.15) is 6.04 Å². The Morgan fingerprint density at radius 2 is 1.79 bits per heavy atom. The molecule has 3 amide bonds. The van der Waals surface area contributed by atoms with Crippen LogP contribution < -0.4 is 10.6 Å². The molecular weight excluding hydrogens is 368 g/mol. The molecule has 1 spiro atoms. The lowest BCUT2D eigenvalue weighted by atomic mass is 9.77. The number of piperazine rings is 1. The van der Waals surface area contributed by atoms with Crippen LogP contribution in [0.4, 0.5) is 0 Å². The average molecular weight is 407 g/mol. The highest BCUT2D eigenvalue weighted by Gasteiger charge is 2.44. The third-order valence-corrected chi connectivity index (χ3v) is 6.72. The van der Waals surface area contributed by atoms with Gasteiger partial charge in [-0.05, 0) is 42.9 Å². The first kappa shape index (κ1) is 22.1. The Balaban J connectivity index is 1.69. The van der Waals surface area contributed by atoms with Crippen LogP contribution in [0.3, 0.4) is 0 Å². The van der Waals surface area contributed by atoms with Gasteiger partial charge in [0.05, 0.1) is 6.04 Å². The average Bonchev–Trinajstić information content (AvgIpc) is 3.01. The summed E-state index contributed by atoms with van der Waals surface area (Å²) in [4.78, 5) is 42.1. The van der Waals surface area contributed by atoms with Crippen LogP contribution in [0.5, 0.6) is 0 Å². The molecule has 3 aliphatic heterocycles. The molecule has 29 heavy (non-hydrogen) atoms. The van der Waals surface area contributed by atoms with Crippen LogP contribution in [0.25, 0.3) is 0 Å². The minimum absolute atomic E-state index is 0.0225. The third-order valence-electron chi connectivity index (χ3n) is 6.72. The monoisotopic (exact) mass is 406 g/mol. The smallest absolute Gasteiger partial charge is 0.245 e. The molecule has 3 aliphatic rings. The van der Waals surface area contributed by atoms with E-state index in [1.54, 1.807) is 0 Å². The van der Waals surface area contributed by atoms with Crippen molar-refractivity contribution in [1.29, 1.82) is 0 Å². The van der Waals surface area contributed by atoms with Crippen molar-refractivity contribution in [2.75, 3.05) is 32.7 Å². The number of hydrogen-bond acceptors (Lipinski definition) is 4. The molecule has 3 fully saturated rings. The molecule has 0 aromatic rings. The van der Waals surface area contributed by atoms with Gasteiger partial charge in [-0.3, -0.25) is 14.4 Å². The molecule has 2 N–H and O–H groups in total. The Hall–Kier alpha value is -1.63. The van der Waals surface area contributed by atoms with E-state index in [0.717, 1.165) is 32.4 Å². The van der Waals surface area contributed by atoms with Crippen LogP contribution in [0.2, 0.25) is 0 Å². The van der Waals surface area contributed by atoms with E-state index in [-0.39, 0.29) is 35.2 Å². The van der Waals surface area contributed by atoms with Crippen molar-refractivity contribution in [3.8, 4) is 0 Å². The van der Waals surface area contributed by atoms with Gasteiger partial charge >= 0.3 is 0 Å². The Labute approximate surface area is 174 Å². The Kier molecular flexibility index (Phi) is 6.87. The normalized spacial score (nSPS) is 25.8. The van der Waals surface area contributed by atoms with Crippen LogP contribution in [-0.2, 0) is 14.4 Å². The van der Waals surface area contributed by atoms with Crippen LogP contribution in [0, 0.1) is 17.3 Å². The number of amides is 3. The molecule has 3 rings (SSSR count). The first-order valence-corrected chi connectivity index (χ1v) is 11.3. The van der Waals surface area contributed by atoms with Gasteiger partial charge in [0, 0.05) is 39.1 Å². The topological polar surface area (TPSA) is 81.8 Å². The molecule has 0 aliphatic carbocycles. The van der Waals surface area contributed by atoms with Gasteiger partial charge in [0.15, 0.2) is 0 Å². The third kappa shape index (κ3) is 5.11. The molecular formula is C22H38N4O3. The predicted molar refractivity (Wildman–Crippen MR) is 112 cm³/mol. The maximum Gasteiger partial charge on any atom is 0.245 e. The lowest BCUT2D eigenvalue weighted by Crippen LogP contribution is -2.62. The van der Waals surface area contributed by atoms with Gasteiger partial charge in [0.25, 0.3) is 0 Å². The van der Waals surface area contributed by atoms with E-state index in [4.69, 9.17) is 0 Å². The summed E-state index contributed by atoms with van der Waals surface area (Å²) < 4.78 is 0. The van der Waals surface area contributed by atoms with E-state index in [1.807, 2.05) is 9.80 Å². The maximum atomic E-state index is 13.5. The molecule has 1 unspecified atom stereocenters. The van der Waals surface area contributed by atoms with Crippen molar-refractivity contribution in [2.45, 2.75) is 71.9 Å². The molecule has 164 valence electrons. The fraction of sp³-hybridized carbons (Fsp3) is 0.864. The second kappa shape index (κ2) is 9.02.